The number of aryl methyl sites for hydroxylation is 1. The Bertz CT molecular complexity index is 757. The van der Waals surface area contributed by atoms with Gasteiger partial charge < -0.3 is 10.2 Å². The summed E-state index contributed by atoms with van der Waals surface area (Å²) in [7, 11) is -3.55. The van der Waals surface area contributed by atoms with Crippen molar-refractivity contribution in [2.45, 2.75) is 50.5 Å². The number of likely N-dealkylation sites (tertiary alicyclic amines) is 1. The fourth-order valence-corrected chi connectivity index (χ4v) is 4.68. The van der Waals surface area contributed by atoms with Gasteiger partial charge >= 0.3 is 0 Å². The van der Waals surface area contributed by atoms with Crippen molar-refractivity contribution < 1.29 is 13.2 Å². The Balaban J connectivity index is 0.00000261. The zero-order chi connectivity index (χ0) is 18.7. The van der Waals surface area contributed by atoms with Crippen LogP contribution in [0.15, 0.2) is 23.1 Å². The van der Waals surface area contributed by atoms with Gasteiger partial charge in [0, 0.05) is 24.7 Å². The number of carbonyl (C=O) groups is 1. The van der Waals surface area contributed by atoms with Crippen LogP contribution in [0.1, 0.15) is 48.5 Å². The van der Waals surface area contributed by atoms with Gasteiger partial charge in [-0.2, -0.15) is 0 Å². The van der Waals surface area contributed by atoms with E-state index in [0.29, 0.717) is 11.5 Å². The number of benzene rings is 1. The number of piperidine rings is 1. The summed E-state index contributed by atoms with van der Waals surface area (Å²) in [4.78, 5) is 15.0. The molecule has 1 saturated heterocycles. The lowest BCUT2D eigenvalue weighted by Crippen LogP contribution is -2.41. The minimum absolute atomic E-state index is 0. The normalized spacial score (nSPS) is 18.2. The first-order valence-corrected chi connectivity index (χ1v) is 11.0. The monoisotopic (exact) mass is 415 g/mol. The molecule has 1 amide bonds. The average molecular weight is 416 g/mol. The molecule has 6 nitrogen and oxygen atoms in total. The van der Waals surface area contributed by atoms with Gasteiger partial charge in [0.15, 0.2) is 0 Å². The van der Waals surface area contributed by atoms with Crippen molar-refractivity contribution in [1.29, 1.82) is 0 Å². The van der Waals surface area contributed by atoms with Crippen molar-refractivity contribution in [2.24, 2.45) is 5.92 Å². The second kappa shape index (κ2) is 9.37. The lowest BCUT2D eigenvalue weighted by molar-refractivity contribution is 0.0689. The van der Waals surface area contributed by atoms with Crippen molar-refractivity contribution in [1.82, 2.24) is 14.9 Å². The maximum atomic E-state index is 13.0. The molecule has 3 rings (SSSR count). The van der Waals surface area contributed by atoms with Crippen LogP contribution in [0.3, 0.4) is 0 Å². The minimum atomic E-state index is -3.55. The van der Waals surface area contributed by atoms with E-state index in [1.807, 2.05) is 11.8 Å². The van der Waals surface area contributed by atoms with Crippen molar-refractivity contribution in [3.63, 3.8) is 0 Å². The number of carbonyl (C=O) groups excluding carboxylic acids is 1. The van der Waals surface area contributed by atoms with E-state index in [9.17, 15) is 13.2 Å². The van der Waals surface area contributed by atoms with Gasteiger partial charge in [0.05, 0.1) is 4.90 Å². The van der Waals surface area contributed by atoms with Gasteiger partial charge in [0.25, 0.3) is 5.91 Å². The first-order chi connectivity index (χ1) is 12.4. The molecular weight excluding hydrogens is 386 g/mol. The van der Waals surface area contributed by atoms with Crippen molar-refractivity contribution in [2.75, 3.05) is 26.2 Å². The van der Waals surface area contributed by atoms with Crippen LogP contribution in [-0.2, 0) is 10.0 Å². The molecule has 1 aromatic carbocycles. The largest absolute Gasteiger partial charge is 0.339 e. The molecule has 0 spiro atoms. The summed E-state index contributed by atoms with van der Waals surface area (Å²) < 4.78 is 27.6. The van der Waals surface area contributed by atoms with Crippen LogP contribution >= 0.6 is 12.4 Å². The van der Waals surface area contributed by atoms with E-state index < -0.39 is 10.0 Å². The van der Waals surface area contributed by atoms with Crippen LogP contribution in [0.25, 0.3) is 0 Å². The van der Waals surface area contributed by atoms with Crippen LogP contribution in [0, 0.1) is 12.8 Å². The lowest BCUT2D eigenvalue weighted by Gasteiger charge is -2.32. The van der Waals surface area contributed by atoms with E-state index in [2.05, 4.69) is 17.0 Å². The van der Waals surface area contributed by atoms with E-state index in [1.165, 1.54) is 6.07 Å². The molecular formula is C19H30ClN3O3S. The van der Waals surface area contributed by atoms with Gasteiger partial charge in [0.1, 0.15) is 0 Å². The van der Waals surface area contributed by atoms with Crippen molar-refractivity contribution in [3.05, 3.63) is 29.3 Å². The zero-order valence-electron chi connectivity index (χ0n) is 16.0. The minimum Gasteiger partial charge on any atom is -0.339 e. The third kappa shape index (κ3) is 5.67. The molecule has 0 atom stereocenters. The second-order valence-electron chi connectivity index (χ2n) is 7.42. The maximum Gasteiger partial charge on any atom is 0.254 e. The fraction of sp³-hybridized carbons (Fsp3) is 0.632. The summed E-state index contributed by atoms with van der Waals surface area (Å²) in [5, 5.41) is 3.37. The van der Waals surface area contributed by atoms with Gasteiger partial charge in [-0.25, -0.2) is 13.1 Å². The highest BCUT2D eigenvalue weighted by Gasteiger charge is 2.29. The molecule has 1 aromatic rings. The van der Waals surface area contributed by atoms with E-state index in [0.717, 1.165) is 57.4 Å². The Labute approximate surface area is 168 Å². The molecule has 8 heteroatoms. The highest BCUT2D eigenvalue weighted by molar-refractivity contribution is 7.89. The van der Waals surface area contributed by atoms with Crippen LogP contribution in [-0.4, -0.2) is 51.4 Å². The van der Waals surface area contributed by atoms with Gasteiger partial charge in [-0.05, 0) is 69.3 Å². The predicted molar refractivity (Wildman–Crippen MR) is 109 cm³/mol. The molecule has 152 valence electrons. The van der Waals surface area contributed by atoms with E-state index in [-0.39, 0.29) is 29.3 Å². The highest BCUT2D eigenvalue weighted by Crippen LogP contribution is 2.25. The van der Waals surface area contributed by atoms with E-state index >= 15 is 0 Å². The Kier molecular flexibility index (Phi) is 7.68. The van der Waals surface area contributed by atoms with Crippen molar-refractivity contribution >= 4 is 28.3 Å². The van der Waals surface area contributed by atoms with Gasteiger partial charge in [-0.15, -0.1) is 12.4 Å². The lowest BCUT2D eigenvalue weighted by atomic mass is 9.96. The van der Waals surface area contributed by atoms with Crippen LogP contribution in [0.4, 0.5) is 0 Å². The summed E-state index contributed by atoms with van der Waals surface area (Å²) in [6, 6.07) is 4.90. The molecule has 1 aliphatic carbocycles. The zero-order valence-corrected chi connectivity index (χ0v) is 17.7. The smallest absolute Gasteiger partial charge is 0.254 e. The number of amides is 1. The summed E-state index contributed by atoms with van der Waals surface area (Å²) >= 11 is 0. The molecule has 0 bridgehead atoms. The number of rotatable bonds is 7. The summed E-state index contributed by atoms with van der Waals surface area (Å²) in [6.45, 7) is 7.38. The Hall–Kier alpha value is -1.15. The average Bonchev–Trinajstić information content (AvgIpc) is 3.43. The fourth-order valence-electron chi connectivity index (χ4n) is 3.35. The first kappa shape index (κ1) is 22.1. The number of hydrogen-bond donors (Lipinski definition) is 2. The number of sulfonamides is 1. The standard InChI is InChI=1S/C19H29N3O3S.ClH/c1-3-20-13-15-8-10-22(11-9-15)19(23)18-12-17(7-4-14(18)2)26(24,25)21-16-5-6-16;/h4,7,12,15-16,20-21H,3,5-6,8-11,13H2,1-2H3;1H. The van der Waals surface area contributed by atoms with Gasteiger partial charge in [-0.3, -0.25) is 4.79 Å². The van der Waals surface area contributed by atoms with Gasteiger partial charge in [0.2, 0.25) is 10.0 Å². The Morgan fingerprint density at radius 3 is 2.44 bits per heavy atom. The SMILES string of the molecule is CCNCC1CCN(C(=O)c2cc(S(=O)(=O)NC3CC3)ccc2C)CC1.Cl. The highest BCUT2D eigenvalue weighted by atomic mass is 35.5. The van der Waals surface area contributed by atoms with Crippen LogP contribution in [0.5, 0.6) is 0 Å². The number of halogens is 1. The number of nitrogens with one attached hydrogen (secondary N) is 2. The second-order valence-corrected chi connectivity index (χ2v) is 9.13. The van der Waals surface area contributed by atoms with E-state index in [4.69, 9.17) is 0 Å². The van der Waals surface area contributed by atoms with Crippen LogP contribution in [0.2, 0.25) is 0 Å². The van der Waals surface area contributed by atoms with Crippen LogP contribution < -0.4 is 10.0 Å². The summed E-state index contributed by atoms with van der Waals surface area (Å²) in [5.74, 6) is 0.544. The number of hydrogen-bond acceptors (Lipinski definition) is 4. The molecule has 2 aliphatic rings. The summed E-state index contributed by atoms with van der Waals surface area (Å²) in [6.07, 6.45) is 3.75. The molecule has 1 saturated carbocycles. The summed E-state index contributed by atoms with van der Waals surface area (Å²) in [5.41, 5.74) is 1.31. The Morgan fingerprint density at radius 2 is 1.85 bits per heavy atom. The Morgan fingerprint density at radius 1 is 1.19 bits per heavy atom. The predicted octanol–water partition coefficient (Wildman–Crippen LogP) is 2.32. The number of nitrogens with zero attached hydrogens (tertiary/aromatic N) is 1. The molecule has 1 heterocycles. The molecule has 2 fully saturated rings. The third-order valence-electron chi connectivity index (χ3n) is 5.23. The molecule has 0 unspecified atom stereocenters. The molecule has 0 radical (unpaired) electrons. The maximum absolute atomic E-state index is 13.0. The quantitative estimate of drug-likeness (QED) is 0.716. The van der Waals surface area contributed by atoms with Gasteiger partial charge in [-0.1, -0.05) is 13.0 Å². The molecule has 0 aromatic heterocycles. The molecule has 2 N–H and O–H groups in total. The van der Waals surface area contributed by atoms with E-state index in [1.54, 1.807) is 12.1 Å². The third-order valence-corrected chi connectivity index (χ3v) is 6.75. The molecule has 27 heavy (non-hydrogen) atoms. The first-order valence-electron chi connectivity index (χ1n) is 9.53. The van der Waals surface area contributed by atoms with Crippen molar-refractivity contribution in [3.8, 4) is 0 Å². The molecule has 1 aliphatic heterocycles. The topological polar surface area (TPSA) is 78.5 Å².